The van der Waals surface area contributed by atoms with Gasteiger partial charge in [0.2, 0.25) is 0 Å². The lowest BCUT2D eigenvalue weighted by Crippen LogP contribution is -2.12. The molecule has 1 fully saturated rings. The Hall–Kier alpha value is -0.940. The zero-order valence-electron chi connectivity index (χ0n) is 11.2. The molecule has 0 aromatic carbocycles. The highest BCUT2D eigenvalue weighted by atomic mass is 32.1. The van der Waals surface area contributed by atoms with Crippen molar-refractivity contribution >= 4 is 17.3 Å². The van der Waals surface area contributed by atoms with Crippen molar-refractivity contribution in [3.05, 3.63) is 15.6 Å². The lowest BCUT2D eigenvalue weighted by molar-refractivity contribution is 0.0530. The van der Waals surface area contributed by atoms with Crippen molar-refractivity contribution in [2.75, 3.05) is 13.2 Å². The summed E-state index contributed by atoms with van der Waals surface area (Å²) in [6, 6.07) is 0.315. The maximum Gasteiger partial charge on any atom is 0.350 e. The monoisotopic (exact) mass is 268 g/mol. The number of rotatable bonds is 4. The number of ether oxygens (including phenoxy) is 1. The molecule has 1 aromatic rings. The summed E-state index contributed by atoms with van der Waals surface area (Å²) in [6.45, 7) is 7.39. The second-order valence-electron chi connectivity index (χ2n) is 4.79. The van der Waals surface area contributed by atoms with Crippen LogP contribution in [-0.2, 0) is 4.74 Å². The highest BCUT2D eigenvalue weighted by Gasteiger charge is 2.26. The topological polar surface area (TPSA) is 51.2 Å². The van der Waals surface area contributed by atoms with Crippen LogP contribution < -0.4 is 5.32 Å². The van der Waals surface area contributed by atoms with E-state index in [1.54, 1.807) is 0 Å². The average Bonchev–Trinajstić information content (AvgIpc) is 2.98. The molecule has 1 N–H and O–H groups in total. The Kier molecular flexibility index (Phi) is 4.35. The number of aromatic nitrogens is 1. The van der Waals surface area contributed by atoms with Crippen LogP contribution in [0.5, 0.6) is 0 Å². The molecule has 0 radical (unpaired) electrons. The maximum atomic E-state index is 11.9. The van der Waals surface area contributed by atoms with Gasteiger partial charge in [0.05, 0.1) is 18.3 Å². The van der Waals surface area contributed by atoms with Crippen LogP contribution in [0.1, 0.15) is 65.9 Å². The minimum Gasteiger partial charge on any atom is -0.462 e. The molecule has 0 bridgehead atoms. The molecule has 18 heavy (non-hydrogen) atoms. The van der Waals surface area contributed by atoms with Crippen molar-refractivity contribution < 1.29 is 9.53 Å². The number of hydrogen-bond donors (Lipinski definition) is 1. The first kappa shape index (κ1) is 13.5. The van der Waals surface area contributed by atoms with Crippen LogP contribution in [-0.4, -0.2) is 24.1 Å². The molecule has 1 aliphatic heterocycles. The van der Waals surface area contributed by atoms with E-state index in [9.17, 15) is 4.79 Å². The van der Waals surface area contributed by atoms with Gasteiger partial charge in [-0.15, -0.1) is 11.3 Å². The summed E-state index contributed by atoms with van der Waals surface area (Å²) in [5.41, 5.74) is 0.877. The molecule has 5 heteroatoms. The molecule has 100 valence electrons. The summed E-state index contributed by atoms with van der Waals surface area (Å²) in [6.07, 6.45) is 2.28. The molecule has 1 unspecified atom stereocenters. The predicted molar refractivity (Wildman–Crippen MR) is 72.1 cm³/mol. The summed E-state index contributed by atoms with van der Waals surface area (Å²) in [5.74, 6) is 0.0127. The zero-order chi connectivity index (χ0) is 13.1. The quantitative estimate of drug-likeness (QED) is 0.853. The van der Waals surface area contributed by atoms with Gasteiger partial charge in [-0.2, -0.15) is 0 Å². The van der Waals surface area contributed by atoms with Crippen molar-refractivity contribution in [1.82, 2.24) is 10.3 Å². The van der Waals surface area contributed by atoms with Gasteiger partial charge in [0.15, 0.2) is 0 Å². The molecule has 1 aromatic heterocycles. The van der Waals surface area contributed by atoms with Crippen LogP contribution in [0.15, 0.2) is 0 Å². The van der Waals surface area contributed by atoms with E-state index in [0.717, 1.165) is 23.7 Å². The average molecular weight is 268 g/mol. The molecule has 2 heterocycles. The molecule has 0 aliphatic carbocycles. The molecule has 0 spiro atoms. The number of hydrogen-bond acceptors (Lipinski definition) is 5. The summed E-state index contributed by atoms with van der Waals surface area (Å²) < 4.78 is 5.11. The summed E-state index contributed by atoms with van der Waals surface area (Å²) in [7, 11) is 0. The van der Waals surface area contributed by atoms with Gasteiger partial charge in [-0.25, -0.2) is 9.78 Å². The maximum absolute atomic E-state index is 11.9. The summed E-state index contributed by atoms with van der Waals surface area (Å²) in [4.78, 5) is 17.3. The van der Waals surface area contributed by atoms with E-state index in [-0.39, 0.29) is 11.9 Å². The summed E-state index contributed by atoms with van der Waals surface area (Å²) in [5, 5.41) is 4.45. The Morgan fingerprint density at radius 1 is 1.61 bits per heavy atom. The molecular weight excluding hydrogens is 248 g/mol. The fraction of sp³-hybridized carbons (Fsp3) is 0.692. The lowest BCUT2D eigenvalue weighted by Gasteiger charge is -2.05. The standard InChI is InChI=1S/C13H20N2O2S/c1-4-17-13(16)11-10(8(2)3)15-12(18-11)9-6-5-7-14-9/h8-9,14H,4-7H2,1-3H3. The first-order valence-electron chi connectivity index (χ1n) is 6.54. The Bertz CT molecular complexity index is 423. The van der Waals surface area contributed by atoms with Gasteiger partial charge in [-0.05, 0) is 32.2 Å². The highest BCUT2D eigenvalue weighted by molar-refractivity contribution is 7.13. The predicted octanol–water partition coefficient (Wildman–Crippen LogP) is 2.87. The third-order valence-electron chi connectivity index (χ3n) is 3.04. The number of nitrogens with one attached hydrogen (secondary N) is 1. The Morgan fingerprint density at radius 3 is 2.94 bits per heavy atom. The van der Waals surface area contributed by atoms with Gasteiger partial charge in [-0.3, -0.25) is 0 Å². The van der Waals surface area contributed by atoms with E-state index in [2.05, 4.69) is 24.1 Å². The van der Waals surface area contributed by atoms with E-state index in [1.165, 1.54) is 17.8 Å². The third kappa shape index (κ3) is 2.72. The molecule has 2 rings (SSSR count). The minimum atomic E-state index is -0.233. The molecular formula is C13H20N2O2S. The Morgan fingerprint density at radius 2 is 2.39 bits per heavy atom. The SMILES string of the molecule is CCOC(=O)c1sc(C2CCCN2)nc1C(C)C. The number of thiazole rings is 1. The van der Waals surface area contributed by atoms with Crippen LogP contribution >= 0.6 is 11.3 Å². The van der Waals surface area contributed by atoms with Gasteiger partial charge >= 0.3 is 5.97 Å². The van der Waals surface area contributed by atoms with Crippen LogP contribution in [0, 0.1) is 0 Å². The number of nitrogens with zero attached hydrogens (tertiary/aromatic N) is 1. The number of carbonyl (C=O) groups is 1. The minimum absolute atomic E-state index is 0.233. The van der Waals surface area contributed by atoms with Crippen molar-refractivity contribution in [3.8, 4) is 0 Å². The van der Waals surface area contributed by atoms with Gasteiger partial charge in [-0.1, -0.05) is 13.8 Å². The Balaban J connectivity index is 2.28. The first-order valence-corrected chi connectivity index (χ1v) is 7.36. The molecule has 1 saturated heterocycles. The molecule has 0 saturated carbocycles. The smallest absolute Gasteiger partial charge is 0.350 e. The van der Waals surface area contributed by atoms with Crippen LogP contribution in [0.2, 0.25) is 0 Å². The number of carbonyl (C=O) groups excluding carboxylic acids is 1. The van der Waals surface area contributed by atoms with E-state index in [4.69, 9.17) is 4.74 Å². The van der Waals surface area contributed by atoms with Crippen LogP contribution in [0.3, 0.4) is 0 Å². The fourth-order valence-electron chi connectivity index (χ4n) is 2.13. The lowest BCUT2D eigenvalue weighted by atomic mass is 10.1. The highest BCUT2D eigenvalue weighted by Crippen LogP contribution is 2.32. The second kappa shape index (κ2) is 5.80. The normalized spacial score (nSPS) is 19.4. The summed E-state index contributed by atoms with van der Waals surface area (Å²) >= 11 is 1.48. The van der Waals surface area contributed by atoms with Crippen molar-refractivity contribution in [2.24, 2.45) is 0 Å². The van der Waals surface area contributed by atoms with Crippen molar-refractivity contribution in [1.29, 1.82) is 0 Å². The van der Waals surface area contributed by atoms with E-state index in [1.807, 2.05) is 6.92 Å². The van der Waals surface area contributed by atoms with Crippen LogP contribution in [0.4, 0.5) is 0 Å². The van der Waals surface area contributed by atoms with E-state index >= 15 is 0 Å². The molecule has 0 amide bonds. The van der Waals surface area contributed by atoms with Crippen molar-refractivity contribution in [2.45, 2.75) is 45.6 Å². The number of esters is 1. The van der Waals surface area contributed by atoms with E-state index in [0.29, 0.717) is 17.5 Å². The van der Waals surface area contributed by atoms with Gasteiger partial charge in [0.25, 0.3) is 0 Å². The Labute approximate surface area is 112 Å². The first-order chi connectivity index (χ1) is 8.63. The molecule has 4 nitrogen and oxygen atoms in total. The van der Waals surface area contributed by atoms with Gasteiger partial charge in [0, 0.05) is 0 Å². The largest absolute Gasteiger partial charge is 0.462 e. The molecule has 1 aliphatic rings. The fourth-order valence-corrected chi connectivity index (χ4v) is 3.35. The van der Waals surface area contributed by atoms with E-state index < -0.39 is 0 Å². The third-order valence-corrected chi connectivity index (χ3v) is 4.20. The van der Waals surface area contributed by atoms with Crippen LogP contribution in [0.25, 0.3) is 0 Å². The molecule has 1 atom stereocenters. The van der Waals surface area contributed by atoms with Crippen molar-refractivity contribution in [3.63, 3.8) is 0 Å². The zero-order valence-corrected chi connectivity index (χ0v) is 12.0. The van der Waals surface area contributed by atoms with Gasteiger partial charge < -0.3 is 10.1 Å². The second-order valence-corrected chi connectivity index (χ2v) is 5.82. The van der Waals surface area contributed by atoms with Gasteiger partial charge in [0.1, 0.15) is 9.88 Å².